The molecule has 1 amide bonds. The van der Waals surface area contributed by atoms with Gasteiger partial charge in [0.15, 0.2) is 5.69 Å². The molecule has 1 aliphatic heterocycles. The van der Waals surface area contributed by atoms with E-state index in [4.69, 9.17) is 14.9 Å². The van der Waals surface area contributed by atoms with Crippen LogP contribution in [0.15, 0.2) is 48.8 Å². The number of amides is 1. The highest BCUT2D eigenvalue weighted by Gasteiger charge is 2.38. The van der Waals surface area contributed by atoms with Gasteiger partial charge in [0.1, 0.15) is 5.82 Å². The van der Waals surface area contributed by atoms with Crippen LogP contribution in [0.4, 0.5) is 13.2 Å². The minimum atomic E-state index is -5.08. The Kier molecular flexibility index (Phi) is 8.53. The van der Waals surface area contributed by atoms with E-state index in [0.717, 1.165) is 29.9 Å². The number of carboxylic acid groups (broad SMARTS) is 1. The Morgan fingerprint density at radius 2 is 1.86 bits per heavy atom. The molecule has 3 aromatic rings. The Labute approximate surface area is 211 Å². The van der Waals surface area contributed by atoms with Gasteiger partial charge in [0.2, 0.25) is 10.0 Å². The lowest BCUT2D eigenvalue weighted by molar-refractivity contribution is -0.192. The fourth-order valence-corrected chi connectivity index (χ4v) is 4.86. The molecule has 0 aromatic carbocycles. The predicted octanol–water partition coefficient (Wildman–Crippen LogP) is 2.77. The number of aliphatic carboxylic acids is 1. The number of aromatic nitrogens is 3. The summed E-state index contributed by atoms with van der Waals surface area (Å²) in [5, 5.41) is 7.12. The summed E-state index contributed by atoms with van der Waals surface area (Å²) in [5.74, 6) is -2.28. The van der Waals surface area contributed by atoms with Gasteiger partial charge in [-0.05, 0) is 37.1 Å². The monoisotopic (exact) mass is 541 g/mol. The molecule has 200 valence electrons. The molecular weight excluding hydrogens is 515 g/mol. The molecule has 1 saturated heterocycles. The lowest BCUT2D eigenvalue weighted by Gasteiger charge is -2.30. The Balaban J connectivity index is 0.000000479. The van der Waals surface area contributed by atoms with Crippen molar-refractivity contribution in [3.05, 3.63) is 66.0 Å². The Hall–Kier alpha value is -3.52. The van der Waals surface area contributed by atoms with Gasteiger partial charge in [0, 0.05) is 38.4 Å². The first-order valence-corrected chi connectivity index (χ1v) is 13.0. The molecule has 0 spiro atoms. The number of pyridine rings is 2. The van der Waals surface area contributed by atoms with Crippen molar-refractivity contribution in [1.82, 2.24) is 23.6 Å². The van der Waals surface area contributed by atoms with Crippen molar-refractivity contribution < 1.29 is 36.3 Å². The summed E-state index contributed by atoms with van der Waals surface area (Å²) >= 11 is 0. The maximum Gasteiger partial charge on any atom is 0.490 e. The number of fused-ring (bicyclic) bond motifs is 1. The number of imidazole rings is 1. The largest absolute Gasteiger partial charge is 0.490 e. The second kappa shape index (κ2) is 11.3. The van der Waals surface area contributed by atoms with Gasteiger partial charge in [-0.25, -0.2) is 22.5 Å². The van der Waals surface area contributed by atoms with E-state index >= 15 is 0 Å². The van der Waals surface area contributed by atoms with Crippen LogP contribution in [0.5, 0.6) is 0 Å². The van der Waals surface area contributed by atoms with E-state index < -0.39 is 22.2 Å². The minimum absolute atomic E-state index is 0.0639. The first-order chi connectivity index (χ1) is 17.3. The summed E-state index contributed by atoms with van der Waals surface area (Å²) in [6, 6.07) is 11.2. The first kappa shape index (κ1) is 28.1. The van der Waals surface area contributed by atoms with Gasteiger partial charge in [0.05, 0.1) is 24.0 Å². The number of hydrogen-bond acceptors (Lipinski definition) is 6. The maximum atomic E-state index is 13.2. The zero-order chi connectivity index (χ0) is 27.4. The molecule has 0 saturated carbocycles. The van der Waals surface area contributed by atoms with E-state index in [1.54, 1.807) is 18.1 Å². The number of sulfonamides is 1. The van der Waals surface area contributed by atoms with E-state index in [1.165, 1.54) is 10.6 Å². The lowest BCUT2D eigenvalue weighted by atomic mass is 9.99. The molecule has 1 aliphatic rings. The van der Waals surface area contributed by atoms with Crippen LogP contribution < -0.4 is 0 Å². The van der Waals surface area contributed by atoms with Crippen molar-refractivity contribution in [2.75, 3.05) is 26.4 Å². The molecule has 37 heavy (non-hydrogen) atoms. The number of carbonyl (C=O) groups is 2. The number of carbonyl (C=O) groups excluding carboxylic acids is 1. The Morgan fingerprint density at radius 3 is 2.46 bits per heavy atom. The molecule has 0 bridgehead atoms. The van der Waals surface area contributed by atoms with Crippen LogP contribution in [-0.4, -0.2) is 81.5 Å². The average Bonchev–Trinajstić information content (AvgIpc) is 3.23. The molecule has 0 radical (unpaired) electrons. The topological polar surface area (TPSA) is 125 Å². The van der Waals surface area contributed by atoms with Crippen LogP contribution in [-0.2, 0) is 21.4 Å². The van der Waals surface area contributed by atoms with Crippen LogP contribution in [0.25, 0.3) is 5.52 Å². The molecule has 1 N–H and O–H groups in total. The number of nitrogens with zero attached hydrogens (tertiary/aromatic N) is 5. The molecule has 4 rings (SSSR count). The number of alkyl halides is 3. The summed E-state index contributed by atoms with van der Waals surface area (Å²) in [7, 11) is -1.53. The van der Waals surface area contributed by atoms with Crippen molar-refractivity contribution in [2.45, 2.75) is 31.5 Å². The van der Waals surface area contributed by atoms with E-state index in [2.05, 4.69) is 4.98 Å². The van der Waals surface area contributed by atoms with Crippen molar-refractivity contribution in [2.24, 2.45) is 0 Å². The Bertz CT molecular complexity index is 1360. The van der Waals surface area contributed by atoms with Gasteiger partial charge in [0.25, 0.3) is 5.91 Å². The summed E-state index contributed by atoms with van der Waals surface area (Å²) in [6.45, 7) is 1.29. The molecule has 1 atom stereocenters. The van der Waals surface area contributed by atoms with Gasteiger partial charge in [-0.3, -0.25) is 9.78 Å². The van der Waals surface area contributed by atoms with E-state index in [0.29, 0.717) is 25.3 Å². The SMILES string of the molecule is CN(Cc1ccccn1)C(=O)c1nc(C2CCCN(S(C)(=O)=O)C2)n2ccccc12.O=C(O)C(F)(F)F. The summed E-state index contributed by atoms with van der Waals surface area (Å²) in [6.07, 6.45) is 1.33. The molecule has 1 unspecified atom stereocenters. The van der Waals surface area contributed by atoms with Crippen LogP contribution >= 0.6 is 0 Å². The second-order valence-electron chi connectivity index (χ2n) is 8.52. The van der Waals surface area contributed by atoms with Crippen molar-refractivity contribution in [3.63, 3.8) is 0 Å². The average molecular weight is 542 g/mol. The van der Waals surface area contributed by atoms with Crippen molar-refractivity contribution >= 4 is 27.4 Å². The highest BCUT2D eigenvalue weighted by molar-refractivity contribution is 7.88. The van der Waals surface area contributed by atoms with Gasteiger partial charge in [-0.2, -0.15) is 13.2 Å². The Morgan fingerprint density at radius 1 is 1.19 bits per heavy atom. The minimum Gasteiger partial charge on any atom is -0.475 e. The fourth-order valence-electron chi connectivity index (χ4n) is 3.95. The van der Waals surface area contributed by atoms with Crippen LogP contribution in [0.3, 0.4) is 0 Å². The predicted molar refractivity (Wildman–Crippen MR) is 127 cm³/mol. The smallest absolute Gasteiger partial charge is 0.475 e. The van der Waals surface area contributed by atoms with E-state index in [-0.39, 0.29) is 11.8 Å². The molecule has 0 aliphatic carbocycles. The third-order valence-corrected chi connectivity index (χ3v) is 6.98. The van der Waals surface area contributed by atoms with Crippen molar-refractivity contribution in [3.8, 4) is 0 Å². The highest BCUT2D eigenvalue weighted by atomic mass is 32.2. The first-order valence-electron chi connectivity index (χ1n) is 11.2. The third-order valence-electron chi connectivity index (χ3n) is 5.71. The second-order valence-corrected chi connectivity index (χ2v) is 10.5. The number of rotatable bonds is 5. The molecule has 10 nitrogen and oxygen atoms in total. The zero-order valence-corrected chi connectivity index (χ0v) is 20.9. The molecule has 14 heteroatoms. The molecule has 4 heterocycles. The van der Waals surface area contributed by atoms with Gasteiger partial charge < -0.3 is 14.4 Å². The molecule has 3 aromatic heterocycles. The summed E-state index contributed by atoms with van der Waals surface area (Å²) < 4.78 is 59.2. The van der Waals surface area contributed by atoms with Gasteiger partial charge in [-0.1, -0.05) is 12.1 Å². The van der Waals surface area contributed by atoms with Gasteiger partial charge in [-0.15, -0.1) is 0 Å². The lowest BCUT2D eigenvalue weighted by Crippen LogP contribution is -2.38. The fraction of sp³-hybridized carbons (Fsp3) is 0.391. The third kappa shape index (κ3) is 7.04. The summed E-state index contributed by atoms with van der Waals surface area (Å²) in [4.78, 5) is 32.7. The number of hydrogen-bond donors (Lipinski definition) is 1. The van der Waals surface area contributed by atoms with E-state index in [9.17, 15) is 26.4 Å². The number of halogens is 3. The number of piperidine rings is 1. The zero-order valence-electron chi connectivity index (χ0n) is 20.1. The normalized spacial score (nSPS) is 16.6. The maximum absolute atomic E-state index is 13.2. The van der Waals surface area contributed by atoms with Gasteiger partial charge >= 0.3 is 12.1 Å². The number of carboxylic acids is 1. The van der Waals surface area contributed by atoms with Crippen LogP contribution in [0, 0.1) is 0 Å². The van der Waals surface area contributed by atoms with Crippen molar-refractivity contribution in [1.29, 1.82) is 0 Å². The van der Waals surface area contributed by atoms with Crippen LogP contribution in [0.1, 0.15) is 40.8 Å². The standard InChI is InChI=1S/C21H25N5O3S.C2HF3O2/c1-24(15-17-9-3-5-11-22-17)21(27)19-18-10-4-6-13-26(18)20(23-19)16-8-7-12-25(14-16)30(2,28)29;3-2(4,5)1(6)7/h3-6,9-11,13,16H,7-8,12,14-15H2,1-2H3;(H,6,7). The van der Waals surface area contributed by atoms with E-state index in [1.807, 2.05) is 47.0 Å². The van der Waals surface area contributed by atoms with Crippen LogP contribution in [0.2, 0.25) is 0 Å². The molecule has 1 fully saturated rings. The molecular formula is C23H26F3N5O5S. The summed E-state index contributed by atoms with van der Waals surface area (Å²) in [5.41, 5.74) is 1.90. The quantitative estimate of drug-likeness (QED) is 0.527. The highest BCUT2D eigenvalue weighted by Crippen LogP contribution is 2.29.